The highest BCUT2D eigenvalue weighted by Crippen LogP contribution is 2.48. The van der Waals surface area contributed by atoms with Crippen LogP contribution in [0, 0.1) is 0 Å². The molecule has 1 aliphatic carbocycles. The summed E-state index contributed by atoms with van der Waals surface area (Å²) in [5.74, 6) is 0.434. The second-order valence-electron chi connectivity index (χ2n) is 4.60. The molecular formula is C12H14N4O3. The lowest BCUT2D eigenvalue weighted by molar-refractivity contribution is -0.146. The molecule has 0 spiro atoms. The molecule has 0 saturated heterocycles. The Morgan fingerprint density at radius 3 is 2.95 bits per heavy atom. The van der Waals surface area contributed by atoms with E-state index in [0.717, 1.165) is 0 Å². The first-order chi connectivity index (χ1) is 9.15. The highest BCUT2D eigenvalue weighted by molar-refractivity contribution is 5.85. The number of aryl methyl sites for hydroxylation is 1. The molecule has 1 aliphatic rings. The summed E-state index contributed by atoms with van der Waals surface area (Å²) in [5.41, 5.74) is -0.104. The summed E-state index contributed by atoms with van der Waals surface area (Å²) in [6.07, 6.45) is 3.18. The van der Waals surface area contributed by atoms with E-state index >= 15 is 0 Å². The first-order valence-electron chi connectivity index (χ1n) is 6.17. The zero-order valence-electron chi connectivity index (χ0n) is 10.8. The van der Waals surface area contributed by atoms with Gasteiger partial charge in [-0.2, -0.15) is 10.1 Å². The van der Waals surface area contributed by atoms with Crippen molar-refractivity contribution in [3.8, 4) is 11.5 Å². The van der Waals surface area contributed by atoms with Gasteiger partial charge in [-0.1, -0.05) is 5.16 Å². The molecule has 0 aliphatic heterocycles. The van der Waals surface area contributed by atoms with Crippen molar-refractivity contribution in [3.63, 3.8) is 0 Å². The molecule has 0 aromatic carbocycles. The minimum Gasteiger partial charge on any atom is -0.465 e. The number of hydrogen-bond acceptors (Lipinski definition) is 6. The Hall–Kier alpha value is -2.18. The summed E-state index contributed by atoms with van der Waals surface area (Å²) in [4.78, 5) is 16.2. The maximum absolute atomic E-state index is 11.9. The fourth-order valence-electron chi connectivity index (χ4n) is 1.96. The van der Waals surface area contributed by atoms with E-state index in [9.17, 15) is 4.79 Å². The van der Waals surface area contributed by atoms with Gasteiger partial charge in [0.25, 0.3) is 0 Å². The summed E-state index contributed by atoms with van der Waals surface area (Å²) in [6, 6.07) is 1.79. The number of hydrogen-bond donors (Lipinski definition) is 0. The molecule has 0 bridgehead atoms. The molecule has 19 heavy (non-hydrogen) atoms. The lowest BCUT2D eigenvalue weighted by atomic mass is 10.1. The van der Waals surface area contributed by atoms with Crippen molar-refractivity contribution in [2.45, 2.75) is 25.2 Å². The van der Waals surface area contributed by atoms with Crippen molar-refractivity contribution >= 4 is 5.97 Å². The summed E-state index contributed by atoms with van der Waals surface area (Å²) in [7, 11) is 1.81. The van der Waals surface area contributed by atoms with Gasteiger partial charge in [0.05, 0.1) is 6.61 Å². The average molecular weight is 262 g/mol. The van der Waals surface area contributed by atoms with E-state index < -0.39 is 5.41 Å². The summed E-state index contributed by atoms with van der Waals surface area (Å²) in [5, 5.41) is 8.07. The van der Waals surface area contributed by atoms with Crippen molar-refractivity contribution < 1.29 is 14.1 Å². The van der Waals surface area contributed by atoms with Crippen LogP contribution in [0.1, 0.15) is 25.7 Å². The molecular weight excluding hydrogens is 248 g/mol. The first kappa shape index (κ1) is 11.9. The molecule has 0 amide bonds. The van der Waals surface area contributed by atoms with Crippen LogP contribution >= 0.6 is 0 Å². The molecule has 3 rings (SSSR count). The third-order valence-corrected chi connectivity index (χ3v) is 3.19. The van der Waals surface area contributed by atoms with Crippen molar-refractivity contribution in [3.05, 3.63) is 18.2 Å². The van der Waals surface area contributed by atoms with Gasteiger partial charge in [-0.15, -0.1) is 0 Å². The third kappa shape index (κ3) is 1.91. The van der Waals surface area contributed by atoms with E-state index in [2.05, 4.69) is 15.2 Å². The van der Waals surface area contributed by atoms with E-state index in [0.29, 0.717) is 36.9 Å². The number of aromatic nitrogens is 4. The fourth-order valence-corrected chi connectivity index (χ4v) is 1.96. The maximum Gasteiger partial charge on any atom is 0.321 e. The Morgan fingerprint density at radius 1 is 1.58 bits per heavy atom. The van der Waals surface area contributed by atoms with E-state index in [1.54, 1.807) is 23.9 Å². The number of rotatable bonds is 4. The molecule has 7 heteroatoms. The van der Waals surface area contributed by atoms with Gasteiger partial charge >= 0.3 is 5.97 Å². The van der Waals surface area contributed by atoms with Crippen LogP contribution in [0.5, 0.6) is 0 Å². The Bertz CT molecular complexity index is 612. The maximum atomic E-state index is 11.9. The topological polar surface area (TPSA) is 83.0 Å². The van der Waals surface area contributed by atoms with Crippen LogP contribution in [-0.4, -0.2) is 32.5 Å². The van der Waals surface area contributed by atoms with E-state index in [4.69, 9.17) is 9.26 Å². The van der Waals surface area contributed by atoms with E-state index in [1.807, 2.05) is 7.05 Å². The Kier molecular flexibility index (Phi) is 2.62. The van der Waals surface area contributed by atoms with Gasteiger partial charge in [0, 0.05) is 13.2 Å². The second kappa shape index (κ2) is 4.18. The normalized spacial score (nSPS) is 16.3. The van der Waals surface area contributed by atoms with E-state index in [-0.39, 0.29) is 5.97 Å². The van der Waals surface area contributed by atoms with Crippen molar-refractivity contribution in [1.82, 2.24) is 19.9 Å². The SMILES string of the molecule is CCOC(=O)C1(c2nc(-c3ccn(C)n3)no2)CC1. The van der Waals surface area contributed by atoms with Crippen molar-refractivity contribution in [1.29, 1.82) is 0 Å². The van der Waals surface area contributed by atoms with Gasteiger partial charge in [0.15, 0.2) is 0 Å². The lowest BCUT2D eigenvalue weighted by Gasteiger charge is -2.07. The van der Waals surface area contributed by atoms with Crippen molar-refractivity contribution in [2.75, 3.05) is 6.61 Å². The smallest absolute Gasteiger partial charge is 0.321 e. The lowest BCUT2D eigenvalue weighted by Crippen LogP contribution is -2.23. The zero-order valence-corrected chi connectivity index (χ0v) is 10.8. The molecule has 0 N–H and O–H groups in total. The second-order valence-corrected chi connectivity index (χ2v) is 4.60. The zero-order chi connectivity index (χ0) is 13.5. The van der Waals surface area contributed by atoms with Gasteiger partial charge in [-0.25, -0.2) is 0 Å². The number of esters is 1. The van der Waals surface area contributed by atoms with Crippen molar-refractivity contribution in [2.24, 2.45) is 7.05 Å². The predicted octanol–water partition coefficient (Wildman–Crippen LogP) is 1.06. The molecule has 1 fully saturated rings. The molecule has 2 heterocycles. The molecule has 0 atom stereocenters. The Morgan fingerprint density at radius 2 is 2.37 bits per heavy atom. The van der Waals surface area contributed by atoms with Gasteiger partial charge in [-0.3, -0.25) is 9.48 Å². The highest BCUT2D eigenvalue weighted by atomic mass is 16.5. The first-order valence-corrected chi connectivity index (χ1v) is 6.17. The molecule has 100 valence electrons. The number of carbonyl (C=O) groups excluding carboxylic acids is 1. The van der Waals surface area contributed by atoms with Gasteiger partial charge in [0.2, 0.25) is 11.7 Å². The minimum atomic E-state index is -0.726. The number of ether oxygens (including phenoxy) is 1. The molecule has 2 aromatic rings. The van der Waals surface area contributed by atoms with Crippen LogP contribution in [0.15, 0.2) is 16.8 Å². The summed E-state index contributed by atoms with van der Waals surface area (Å²) in [6.45, 7) is 2.13. The predicted molar refractivity (Wildman–Crippen MR) is 64.0 cm³/mol. The highest BCUT2D eigenvalue weighted by Gasteiger charge is 2.57. The quantitative estimate of drug-likeness (QED) is 0.766. The van der Waals surface area contributed by atoms with Gasteiger partial charge in [-0.05, 0) is 25.8 Å². The van der Waals surface area contributed by atoms with Gasteiger partial charge < -0.3 is 9.26 Å². The summed E-state index contributed by atoms with van der Waals surface area (Å²) < 4.78 is 11.9. The monoisotopic (exact) mass is 262 g/mol. The molecule has 2 aromatic heterocycles. The Labute approximate surface area is 109 Å². The average Bonchev–Trinajstić information content (AvgIpc) is 2.84. The van der Waals surface area contributed by atoms with Crippen LogP contribution in [0.3, 0.4) is 0 Å². The van der Waals surface area contributed by atoms with Gasteiger partial charge in [0.1, 0.15) is 11.1 Å². The largest absolute Gasteiger partial charge is 0.465 e. The minimum absolute atomic E-state index is 0.286. The van der Waals surface area contributed by atoms with Crippen LogP contribution in [0.2, 0.25) is 0 Å². The Balaban J connectivity index is 1.88. The number of nitrogens with zero attached hydrogens (tertiary/aromatic N) is 4. The van der Waals surface area contributed by atoms with E-state index in [1.165, 1.54) is 0 Å². The standard InChI is InChI=1S/C12H14N4O3/c1-3-18-11(17)12(5-6-12)10-13-9(15-19-10)8-4-7-16(2)14-8/h4,7H,3,5-6H2,1-2H3. The fraction of sp³-hybridized carbons (Fsp3) is 0.500. The van der Waals surface area contributed by atoms with Crippen LogP contribution in [-0.2, 0) is 22.0 Å². The summed E-state index contributed by atoms with van der Waals surface area (Å²) >= 11 is 0. The number of carbonyl (C=O) groups is 1. The molecule has 0 unspecified atom stereocenters. The molecule has 0 radical (unpaired) electrons. The molecule has 7 nitrogen and oxygen atoms in total. The molecule has 1 saturated carbocycles. The van der Waals surface area contributed by atoms with Crippen LogP contribution < -0.4 is 0 Å². The van der Waals surface area contributed by atoms with Crippen LogP contribution in [0.4, 0.5) is 0 Å². The van der Waals surface area contributed by atoms with Crippen LogP contribution in [0.25, 0.3) is 11.5 Å². The third-order valence-electron chi connectivity index (χ3n) is 3.19.